The molecule has 0 radical (unpaired) electrons. The Morgan fingerprint density at radius 3 is 2.75 bits per heavy atom. The number of aliphatic carboxylic acids is 1. The van der Waals surface area contributed by atoms with Gasteiger partial charge < -0.3 is 5.11 Å². The van der Waals surface area contributed by atoms with Gasteiger partial charge in [-0.2, -0.15) is 0 Å². The van der Waals surface area contributed by atoms with E-state index >= 15 is 0 Å². The first-order chi connectivity index (χ1) is 7.44. The van der Waals surface area contributed by atoms with Crippen LogP contribution < -0.4 is 0 Å². The third-order valence-electron chi connectivity index (χ3n) is 3.13. The molecule has 2 nitrogen and oxygen atoms in total. The van der Waals surface area contributed by atoms with Gasteiger partial charge in [0.05, 0.1) is 5.41 Å². The van der Waals surface area contributed by atoms with Crippen LogP contribution in [0.4, 0.5) is 0 Å². The third-order valence-corrected chi connectivity index (χ3v) is 3.48. The molecule has 0 atom stereocenters. The Labute approximate surface area is 99.5 Å². The zero-order chi connectivity index (χ0) is 11.9. The van der Waals surface area contributed by atoms with Crippen LogP contribution in [0.25, 0.3) is 5.57 Å². The molecule has 1 aromatic carbocycles. The first kappa shape index (κ1) is 11.2. The van der Waals surface area contributed by atoms with Gasteiger partial charge in [-0.05, 0) is 43.0 Å². The largest absolute Gasteiger partial charge is 0.481 e. The van der Waals surface area contributed by atoms with Crippen LogP contribution in [0, 0.1) is 5.41 Å². The van der Waals surface area contributed by atoms with Crippen molar-refractivity contribution in [2.75, 3.05) is 0 Å². The Bertz CT molecular complexity index is 487. The van der Waals surface area contributed by atoms with E-state index in [4.69, 9.17) is 11.6 Å². The van der Waals surface area contributed by atoms with Crippen molar-refractivity contribution in [1.82, 2.24) is 0 Å². The molecule has 16 heavy (non-hydrogen) atoms. The summed E-state index contributed by atoms with van der Waals surface area (Å²) in [5.74, 6) is -0.813. The molecule has 0 bridgehead atoms. The number of rotatable bonds is 2. The van der Waals surface area contributed by atoms with Crippen molar-refractivity contribution >= 4 is 23.1 Å². The number of allylic oxidation sites excluding steroid dienone is 1. The fourth-order valence-corrected chi connectivity index (χ4v) is 2.29. The fraction of sp³-hybridized carbons (Fsp3) is 0.308. The molecule has 0 unspecified atom stereocenters. The third kappa shape index (κ3) is 1.54. The standard InChI is InChI=1S/C13H13ClO2/c1-13(2,12(15)16)10-7-6-9-8(10)4-3-5-11(9)14/h3-5,7H,6H2,1-2H3,(H,15,16). The number of carboxylic acids is 1. The molecule has 0 fully saturated rings. The molecule has 84 valence electrons. The lowest BCUT2D eigenvalue weighted by atomic mass is 9.81. The maximum Gasteiger partial charge on any atom is 0.313 e. The molecular formula is C13H13ClO2. The minimum absolute atomic E-state index is 0.713. The Hall–Kier alpha value is -1.28. The summed E-state index contributed by atoms with van der Waals surface area (Å²) in [6.07, 6.45) is 2.69. The monoisotopic (exact) mass is 236 g/mol. The van der Waals surface area contributed by atoms with Crippen LogP contribution in [0.1, 0.15) is 25.0 Å². The number of hydrogen-bond donors (Lipinski definition) is 1. The predicted octanol–water partition coefficient (Wildman–Crippen LogP) is 3.39. The van der Waals surface area contributed by atoms with Crippen molar-refractivity contribution in [2.24, 2.45) is 5.41 Å². The van der Waals surface area contributed by atoms with Crippen LogP contribution >= 0.6 is 11.6 Å². The van der Waals surface area contributed by atoms with E-state index in [0.717, 1.165) is 23.1 Å². The van der Waals surface area contributed by atoms with Gasteiger partial charge in [-0.3, -0.25) is 4.79 Å². The molecule has 0 amide bonds. The summed E-state index contributed by atoms with van der Waals surface area (Å²) < 4.78 is 0. The lowest BCUT2D eigenvalue weighted by molar-refractivity contribution is -0.143. The normalized spacial score (nSPS) is 14.6. The van der Waals surface area contributed by atoms with Crippen molar-refractivity contribution < 1.29 is 9.90 Å². The molecule has 1 aliphatic rings. The molecular weight excluding hydrogens is 224 g/mol. The topological polar surface area (TPSA) is 37.3 Å². The van der Waals surface area contributed by atoms with Gasteiger partial charge in [0.25, 0.3) is 0 Å². The van der Waals surface area contributed by atoms with Crippen LogP contribution in [0.15, 0.2) is 24.3 Å². The summed E-state index contributed by atoms with van der Waals surface area (Å²) in [5, 5.41) is 9.94. The van der Waals surface area contributed by atoms with Crippen molar-refractivity contribution in [2.45, 2.75) is 20.3 Å². The quantitative estimate of drug-likeness (QED) is 0.855. The lowest BCUT2D eigenvalue weighted by Crippen LogP contribution is -2.24. The van der Waals surface area contributed by atoms with Crippen LogP contribution in [0.3, 0.4) is 0 Å². The van der Waals surface area contributed by atoms with Crippen molar-refractivity contribution in [3.8, 4) is 0 Å². The van der Waals surface area contributed by atoms with Crippen molar-refractivity contribution in [1.29, 1.82) is 0 Å². The van der Waals surface area contributed by atoms with E-state index in [1.807, 2.05) is 24.3 Å². The summed E-state index contributed by atoms with van der Waals surface area (Å²) in [6, 6.07) is 5.63. The number of fused-ring (bicyclic) bond motifs is 1. The Balaban J connectivity index is 2.52. The van der Waals surface area contributed by atoms with Crippen LogP contribution in [0.5, 0.6) is 0 Å². The predicted molar refractivity (Wildman–Crippen MR) is 64.5 cm³/mol. The zero-order valence-electron chi connectivity index (χ0n) is 9.25. The van der Waals surface area contributed by atoms with E-state index in [0.29, 0.717) is 5.02 Å². The molecule has 0 heterocycles. The van der Waals surface area contributed by atoms with Crippen LogP contribution in [-0.4, -0.2) is 11.1 Å². The summed E-state index contributed by atoms with van der Waals surface area (Å²) in [6.45, 7) is 3.44. The molecule has 1 aromatic rings. The average Bonchev–Trinajstić information content (AvgIpc) is 2.63. The second kappa shape index (κ2) is 3.63. The molecule has 2 rings (SSSR count). The van der Waals surface area contributed by atoms with Gasteiger partial charge in [0.1, 0.15) is 0 Å². The lowest BCUT2D eigenvalue weighted by Gasteiger charge is -2.22. The Morgan fingerprint density at radius 2 is 2.12 bits per heavy atom. The molecule has 1 aliphatic carbocycles. The van der Waals surface area contributed by atoms with Gasteiger partial charge in [0.15, 0.2) is 0 Å². The number of carboxylic acid groups (broad SMARTS) is 1. The SMILES string of the molecule is CC(C)(C(=O)O)C1=CCc2c(Cl)cccc21. The average molecular weight is 237 g/mol. The molecule has 0 aromatic heterocycles. The minimum atomic E-state index is -0.865. The highest BCUT2D eigenvalue weighted by molar-refractivity contribution is 6.31. The molecule has 0 saturated carbocycles. The molecule has 0 saturated heterocycles. The van der Waals surface area contributed by atoms with Crippen molar-refractivity contribution in [3.63, 3.8) is 0 Å². The Morgan fingerprint density at radius 1 is 1.44 bits per heavy atom. The fourth-order valence-electron chi connectivity index (χ4n) is 2.04. The smallest absolute Gasteiger partial charge is 0.313 e. The second-order valence-electron chi connectivity index (χ2n) is 4.52. The van der Waals surface area contributed by atoms with E-state index in [1.54, 1.807) is 13.8 Å². The molecule has 0 spiro atoms. The van der Waals surface area contributed by atoms with Gasteiger partial charge in [0, 0.05) is 5.02 Å². The molecule has 1 N–H and O–H groups in total. The van der Waals surface area contributed by atoms with Crippen molar-refractivity contribution in [3.05, 3.63) is 40.4 Å². The van der Waals surface area contributed by atoms with Gasteiger partial charge in [-0.25, -0.2) is 0 Å². The first-order valence-electron chi connectivity index (χ1n) is 5.16. The van der Waals surface area contributed by atoms with Gasteiger partial charge >= 0.3 is 5.97 Å². The summed E-state index contributed by atoms with van der Waals surface area (Å²) in [4.78, 5) is 11.2. The molecule has 3 heteroatoms. The minimum Gasteiger partial charge on any atom is -0.481 e. The first-order valence-corrected chi connectivity index (χ1v) is 5.54. The number of carbonyl (C=O) groups is 1. The van der Waals surface area contributed by atoms with E-state index in [2.05, 4.69) is 0 Å². The summed E-state index contributed by atoms with van der Waals surface area (Å²) >= 11 is 6.08. The zero-order valence-corrected chi connectivity index (χ0v) is 10.0. The second-order valence-corrected chi connectivity index (χ2v) is 4.93. The van der Waals surface area contributed by atoms with E-state index in [9.17, 15) is 9.90 Å². The van der Waals surface area contributed by atoms with E-state index in [-0.39, 0.29) is 0 Å². The maximum absolute atomic E-state index is 11.2. The highest BCUT2D eigenvalue weighted by Crippen LogP contribution is 2.42. The van der Waals surface area contributed by atoms with Gasteiger partial charge in [0.2, 0.25) is 0 Å². The maximum atomic E-state index is 11.2. The highest BCUT2D eigenvalue weighted by atomic mass is 35.5. The number of benzene rings is 1. The van der Waals surface area contributed by atoms with E-state index in [1.165, 1.54) is 0 Å². The van der Waals surface area contributed by atoms with Crippen LogP contribution in [-0.2, 0) is 11.2 Å². The highest BCUT2D eigenvalue weighted by Gasteiger charge is 2.35. The van der Waals surface area contributed by atoms with Gasteiger partial charge in [-0.15, -0.1) is 0 Å². The summed E-state index contributed by atoms with van der Waals surface area (Å²) in [7, 11) is 0. The number of hydrogen-bond acceptors (Lipinski definition) is 1. The molecule has 0 aliphatic heterocycles. The van der Waals surface area contributed by atoms with Gasteiger partial charge in [-0.1, -0.05) is 29.8 Å². The van der Waals surface area contributed by atoms with Crippen LogP contribution in [0.2, 0.25) is 5.02 Å². The summed E-state index contributed by atoms with van der Waals surface area (Å²) in [5.41, 5.74) is 2.00. The van der Waals surface area contributed by atoms with E-state index < -0.39 is 11.4 Å². The Kier molecular flexibility index (Phi) is 2.55. The number of halogens is 1.